The Labute approximate surface area is 141 Å². The number of nitrogens with zero attached hydrogens (tertiary/aromatic N) is 1. The third-order valence-electron chi connectivity index (χ3n) is 3.09. The maximum Gasteiger partial charge on any atom is 0.266 e. The lowest BCUT2D eigenvalue weighted by atomic mass is 10.2. The van der Waals surface area contributed by atoms with E-state index in [9.17, 15) is 8.42 Å². The summed E-state index contributed by atoms with van der Waals surface area (Å²) in [5.74, 6) is 0. The van der Waals surface area contributed by atoms with Crippen molar-refractivity contribution in [2.75, 3.05) is 17.1 Å². The van der Waals surface area contributed by atoms with Crippen LogP contribution in [0, 0.1) is 6.92 Å². The molecule has 0 fully saturated rings. The van der Waals surface area contributed by atoms with Gasteiger partial charge < -0.3 is 5.73 Å². The van der Waals surface area contributed by atoms with Crippen molar-refractivity contribution in [3.63, 3.8) is 0 Å². The monoisotopic (exact) mass is 432 g/mol. The zero-order valence-electron chi connectivity index (χ0n) is 11.5. The summed E-state index contributed by atoms with van der Waals surface area (Å²) < 4.78 is 27.8. The van der Waals surface area contributed by atoms with Gasteiger partial charge in [0.15, 0.2) is 0 Å². The highest BCUT2D eigenvalue weighted by molar-refractivity contribution is 9.11. The fourth-order valence-electron chi connectivity index (χ4n) is 2.01. The van der Waals surface area contributed by atoms with E-state index in [1.54, 1.807) is 24.3 Å². The number of hydrogen-bond donors (Lipinski definition) is 1. The lowest BCUT2D eigenvalue weighted by Gasteiger charge is -2.22. The third kappa shape index (κ3) is 3.09. The van der Waals surface area contributed by atoms with Gasteiger partial charge in [-0.3, -0.25) is 4.31 Å². The second kappa shape index (κ2) is 5.98. The number of aryl methyl sites for hydroxylation is 1. The molecule has 0 saturated carbocycles. The first-order valence-corrected chi connectivity index (χ1v) is 9.07. The van der Waals surface area contributed by atoms with Gasteiger partial charge in [0.25, 0.3) is 10.0 Å². The zero-order valence-corrected chi connectivity index (χ0v) is 15.5. The maximum atomic E-state index is 12.9. The van der Waals surface area contributed by atoms with E-state index < -0.39 is 10.0 Å². The maximum absolute atomic E-state index is 12.9. The van der Waals surface area contributed by atoms with Crippen molar-refractivity contribution in [2.45, 2.75) is 11.8 Å². The summed E-state index contributed by atoms with van der Waals surface area (Å²) in [6.45, 7) is 1.87. The first-order chi connectivity index (χ1) is 9.75. The van der Waals surface area contributed by atoms with Crippen LogP contribution >= 0.6 is 31.9 Å². The van der Waals surface area contributed by atoms with E-state index in [1.807, 2.05) is 19.1 Å². The molecule has 112 valence electrons. The Kier molecular flexibility index (Phi) is 4.65. The summed E-state index contributed by atoms with van der Waals surface area (Å²) in [5.41, 5.74) is 7.71. The van der Waals surface area contributed by atoms with E-state index in [-0.39, 0.29) is 4.90 Å². The predicted octanol–water partition coefficient (Wildman–Crippen LogP) is 3.93. The normalized spacial score (nSPS) is 11.4. The largest absolute Gasteiger partial charge is 0.399 e. The van der Waals surface area contributed by atoms with Crippen LogP contribution in [0.15, 0.2) is 50.2 Å². The van der Waals surface area contributed by atoms with Crippen molar-refractivity contribution >= 4 is 53.3 Å². The highest BCUT2D eigenvalue weighted by atomic mass is 79.9. The number of anilines is 2. The third-order valence-corrected chi connectivity index (χ3v) is 6.74. The number of nitrogens with two attached hydrogens (primary N) is 1. The van der Waals surface area contributed by atoms with E-state index in [4.69, 9.17) is 5.73 Å². The van der Waals surface area contributed by atoms with Gasteiger partial charge in [0.1, 0.15) is 4.90 Å². The summed E-state index contributed by atoms with van der Waals surface area (Å²) >= 11 is 6.55. The number of rotatable bonds is 3. The molecular weight excluding hydrogens is 420 g/mol. The fourth-order valence-corrected chi connectivity index (χ4v) is 5.81. The van der Waals surface area contributed by atoms with E-state index in [1.165, 1.54) is 11.4 Å². The number of benzene rings is 2. The highest BCUT2D eigenvalue weighted by Crippen LogP contribution is 2.36. The van der Waals surface area contributed by atoms with Crippen molar-refractivity contribution in [1.29, 1.82) is 0 Å². The standard InChI is InChI=1S/C14H14Br2N2O2S/c1-9-5-3-4-6-13(9)18(2)21(19,20)14-11(15)7-10(17)8-12(14)16/h3-8H,17H2,1-2H3. The number of halogens is 2. The number of para-hydroxylation sites is 1. The smallest absolute Gasteiger partial charge is 0.266 e. The Balaban J connectivity index is 2.61. The first-order valence-electron chi connectivity index (χ1n) is 6.04. The average molecular weight is 434 g/mol. The molecule has 7 heteroatoms. The van der Waals surface area contributed by atoms with E-state index in [2.05, 4.69) is 31.9 Å². The van der Waals surface area contributed by atoms with Gasteiger partial charge in [-0.2, -0.15) is 0 Å². The van der Waals surface area contributed by atoms with Gasteiger partial charge >= 0.3 is 0 Å². The topological polar surface area (TPSA) is 63.4 Å². The number of sulfonamides is 1. The molecule has 0 unspecified atom stereocenters. The molecule has 0 bridgehead atoms. The van der Waals surface area contributed by atoms with Crippen molar-refractivity contribution in [3.8, 4) is 0 Å². The average Bonchev–Trinajstić information content (AvgIpc) is 2.36. The molecule has 2 rings (SSSR count). The van der Waals surface area contributed by atoms with E-state index in [0.29, 0.717) is 20.3 Å². The van der Waals surface area contributed by atoms with Crippen LogP contribution < -0.4 is 10.0 Å². The van der Waals surface area contributed by atoms with Crippen LogP contribution in [0.25, 0.3) is 0 Å². The molecule has 2 N–H and O–H groups in total. The Bertz CT molecular complexity index is 768. The van der Waals surface area contributed by atoms with Crippen molar-refractivity contribution in [3.05, 3.63) is 50.9 Å². The summed E-state index contributed by atoms with van der Waals surface area (Å²) in [6.07, 6.45) is 0. The lowest BCUT2D eigenvalue weighted by molar-refractivity contribution is 0.593. The number of nitrogen functional groups attached to an aromatic ring is 1. The summed E-state index contributed by atoms with van der Waals surface area (Å²) in [4.78, 5) is 0.155. The molecule has 0 aliphatic rings. The van der Waals surface area contributed by atoms with Gasteiger partial charge in [0, 0.05) is 21.7 Å². The molecule has 0 aliphatic heterocycles. The fraction of sp³-hybridized carbons (Fsp3) is 0.143. The van der Waals surface area contributed by atoms with Gasteiger partial charge in [-0.05, 0) is 62.5 Å². The Morgan fingerprint density at radius 1 is 1.10 bits per heavy atom. The van der Waals surface area contributed by atoms with Gasteiger partial charge in [0.05, 0.1) is 5.69 Å². The minimum atomic E-state index is -3.71. The molecule has 0 amide bonds. The summed E-state index contributed by atoms with van der Waals surface area (Å²) in [5, 5.41) is 0. The quantitative estimate of drug-likeness (QED) is 0.746. The van der Waals surface area contributed by atoms with Crippen molar-refractivity contribution in [1.82, 2.24) is 0 Å². The van der Waals surface area contributed by atoms with Gasteiger partial charge in [0.2, 0.25) is 0 Å². The molecule has 0 spiro atoms. The zero-order chi connectivity index (χ0) is 15.8. The molecule has 2 aromatic rings. The molecule has 0 heterocycles. The minimum Gasteiger partial charge on any atom is -0.399 e. The Hall–Kier alpha value is -1.05. The predicted molar refractivity (Wildman–Crippen MR) is 93.0 cm³/mol. The van der Waals surface area contributed by atoms with Crippen LogP contribution in [-0.2, 0) is 10.0 Å². The van der Waals surface area contributed by atoms with Crippen LogP contribution in [0.3, 0.4) is 0 Å². The van der Waals surface area contributed by atoms with Crippen LogP contribution in [0.1, 0.15) is 5.56 Å². The van der Waals surface area contributed by atoms with Crippen LogP contribution in [-0.4, -0.2) is 15.5 Å². The SMILES string of the molecule is Cc1ccccc1N(C)S(=O)(=O)c1c(Br)cc(N)cc1Br. The molecule has 0 saturated heterocycles. The summed E-state index contributed by atoms with van der Waals surface area (Å²) in [7, 11) is -2.17. The number of hydrogen-bond acceptors (Lipinski definition) is 3. The second-order valence-electron chi connectivity index (χ2n) is 4.57. The molecule has 2 aromatic carbocycles. The van der Waals surface area contributed by atoms with E-state index >= 15 is 0 Å². The lowest BCUT2D eigenvalue weighted by Crippen LogP contribution is -2.27. The molecule has 0 atom stereocenters. The van der Waals surface area contributed by atoms with Gasteiger partial charge in [-0.25, -0.2) is 8.42 Å². The second-order valence-corrected chi connectivity index (χ2v) is 8.19. The summed E-state index contributed by atoms with van der Waals surface area (Å²) in [6, 6.07) is 10.5. The molecular formula is C14H14Br2N2O2S. The van der Waals surface area contributed by atoms with Crippen molar-refractivity contribution in [2.24, 2.45) is 0 Å². The van der Waals surface area contributed by atoms with Gasteiger partial charge in [-0.1, -0.05) is 18.2 Å². The Morgan fingerprint density at radius 3 is 2.14 bits per heavy atom. The van der Waals surface area contributed by atoms with Gasteiger partial charge in [-0.15, -0.1) is 0 Å². The first kappa shape index (κ1) is 16.3. The van der Waals surface area contributed by atoms with Crippen LogP contribution in [0.4, 0.5) is 11.4 Å². The van der Waals surface area contributed by atoms with E-state index in [0.717, 1.165) is 5.56 Å². The molecule has 0 aliphatic carbocycles. The molecule has 0 aromatic heterocycles. The van der Waals surface area contributed by atoms with Crippen LogP contribution in [0.5, 0.6) is 0 Å². The molecule has 0 radical (unpaired) electrons. The molecule has 4 nitrogen and oxygen atoms in total. The minimum absolute atomic E-state index is 0.155. The Morgan fingerprint density at radius 2 is 1.62 bits per heavy atom. The van der Waals surface area contributed by atoms with Crippen molar-refractivity contribution < 1.29 is 8.42 Å². The van der Waals surface area contributed by atoms with Crippen LogP contribution in [0.2, 0.25) is 0 Å². The highest BCUT2D eigenvalue weighted by Gasteiger charge is 2.27. The molecule has 21 heavy (non-hydrogen) atoms.